The number of ether oxygens (including phenoxy) is 6. The van der Waals surface area contributed by atoms with Crippen LogP contribution >= 0.6 is 15.9 Å². The van der Waals surface area contributed by atoms with E-state index in [-0.39, 0.29) is 5.78 Å². The molecule has 2 rings (SSSR count). The summed E-state index contributed by atoms with van der Waals surface area (Å²) in [6.07, 6.45) is -0.766. The highest BCUT2D eigenvalue weighted by Crippen LogP contribution is 2.39. The van der Waals surface area contributed by atoms with Crippen molar-refractivity contribution in [3.05, 3.63) is 45.4 Å². The van der Waals surface area contributed by atoms with E-state index in [0.717, 1.165) is 0 Å². The molecule has 0 heterocycles. The lowest BCUT2D eigenvalue weighted by Crippen LogP contribution is -2.13. The first-order valence-electron chi connectivity index (χ1n) is 8.23. The van der Waals surface area contributed by atoms with Gasteiger partial charge in [0.1, 0.15) is 16.0 Å². The number of hydrogen-bond acceptors (Lipinski definition) is 7. The molecule has 2 aromatic carbocycles. The van der Waals surface area contributed by atoms with Crippen molar-refractivity contribution in [1.82, 2.24) is 0 Å². The molecule has 0 saturated heterocycles. The minimum absolute atomic E-state index is 0.279. The molecule has 7 nitrogen and oxygen atoms in total. The number of methoxy groups -OCH3 is 6. The summed E-state index contributed by atoms with van der Waals surface area (Å²) in [6.45, 7) is 0. The average molecular weight is 455 g/mol. The van der Waals surface area contributed by atoms with E-state index in [4.69, 9.17) is 28.4 Å². The first-order valence-corrected chi connectivity index (χ1v) is 9.02. The second-order valence-electron chi connectivity index (χ2n) is 5.62. The smallest absolute Gasteiger partial charge is 0.193 e. The van der Waals surface area contributed by atoms with Crippen molar-refractivity contribution < 1.29 is 33.2 Å². The van der Waals surface area contributed by atoms with Gasteiger partial charge in [0.15, 0.2) is 23.6 Å². The van der Waals surface area contributed by atoms with Gasteiger partial charge in [-0.25, -0.2) is 0 Å². The Kier molecular flexibility index (Phi) is 7.68. The molecule has 0 saturated carbocycles. The molecule has 0 bridgehead atoms. The Labute approximate surface area is 172 Å². The molecule has 0 aromatic heterocycles. The number of carbonyl (C=O) groups is 1. The molecule has 8 heteroatoms. The largest absolute Gasteiger partial charge is 0.495 e. The number of halogens is 1. The highest BCUT2D eigenvalue weighted by Gasteiger charge is 2.25. The van der Waals surface area contributed by atoms with Gasteiger partial charge in [0.05, 0.1) is 28.4 Å². The standard InChI is InChI=1S/C20H23BrO7/c1-23-14-9-12(13(10-15(14)24-2)20(27-5)28-6)19(22)11-7-16(25-3)18(21)17(8-11)26-4/h7-10,20H,1-6H3. The van der Waals surface area contributed by atoms with Crippen LogP contribution in [0.5, 0.6) is 23.0 Å². The maximum atomic E-state index is 13.4. The third-order valence-electron chi connectivity index (χ3n) is 4.19. The molecule has 0 aliphatic rings. The average Bonchev–Trinajstić information content (AvgIpc) is 2.73. The van der Waals surface area contributed by atoms with Gasteiger partial charge in [0.25, 0.3) is 0 Å². The summed E-state index contributed by atoms with van der Waals surface area (Å²) < 4.78 is 32.7. The van der Waals surface area contributed by atoms with E-state index in [9.17, 15) is 4.79 Å². The van der Waals surface area contributed by atoms with Crippen molar-refractivity contribution in [3.8, 4) is 23.0 Å². The Hall–Kier alpha value is -2.29. The van der Waals surface area contributed by atoms with Gasteiger partial charge in [-0.2, -0.15) is 0 Å². The van der Waals surface area contributed by atoms with Crippen LogP contribution in [0.3, 0.4) is 0 Å². The molecule has 0 aliphatic heterocycles. The monoisotopic (exact) mass is 454 g/mol. The number of carbonyl (C=O) groups excluding carboxylic acids is 1. The van der Waals surface area contributed by atoms with Gasteiger partial charge >= 0.3 is 0 Å². The Bertz CT molecular complexity index is 822. The fourth-order valence-electron chi connectivity index (χ4n) is 2.79. The summed E-state index contributed by atoms with van der Waals surface area (Å²) in [5, 5.41) is 0. The summed E-state index contributed by atoms with van der Waals surface area (Å²) in [6, 6.07) is 6.52. The summed E-state index contributed by atoms with van der Waals surface area (Å²) >= 11 is 3.41. The van der Waals surface area contributed by atoms with E-state index in [0.29, 0.717) is 44.2 Å². The van der Waals surface area contributed by atoms with E-state index >= 15 is 0 Å². The second kappa shape index (κ2) is 9.77. The third-order valence-corrected chi connectivity index (χ3v) is 4.97. The van der Waals surface area contributed by atoms with Crippen molar-refractivity contribution in [3.63, 3.8) is 0 Å². The Morgan fingerprint density at radius 2 is 1.21 bits per heavy atom. The third kappa shape index (κ3) is 4.24. The number of ketones is 1. The number of benzene rings is 2. The quantitative estimate of drug-likeness (QED) is 0.418. The topological polar surface area (TPSA) is 72.5 Å². The van der Waals surface area contributed by atoms with Gasteiger partial charge < -0.3 is 28.4 Å². The highest BCUT2D eigenvalue weighted by atomic mass is 79.9. The van der Waals surface area contributed by atoms with Gasteiger partial charge in [0.2, 0.25) is 0 Å². The molecule has 28 heavy (non-hydrogen) atoms. The second-order valence-corrected chi connectivity index (χ2v) is 6.41. The Morgan fingerprint density at radius 1 is 0.750 bits per heavy atom. The van der Waals surface area contributed by atoms with Crippen molar-refractivity contribution in [2.75, 3.05) is 42.7 Å². The molecule has 152 valence electrons. The van der Waals surface area contributed by atoms with Gasteiger partial charge in [0, 0.05) is 30.9 Å². The van der Waals surface area contributed by atoms with Crippen molar-refractivity contribution in [1.29, 1.82) is 0 Å². The van der Waals surface area contributed by atoms with Gasteiger partial charge in [-0.3, -0.25) is 4.79 Å². The highest BCUT2D eigenvalue weighted by molar-refractivity contribution is 9.10. The molecule has 0 radical (unpaired) electrons. The molecular formula is C20H23BrO7. The Balaban J connectivity index is 2.70. The summed E-state index contributed by atoms with van der Waals surface area (Å²) in [7, 11) is 9.03. The van der Waals surface area contributed by atoms with E-state index in [1.807, 2.05) is 0 Å². The van der Waals surface area contributed by atoms with E-state index in [1.165, 1.54) is 42.7 Å². The fraction of sp³-hybridized carbons (Fsp3) is 0.350. The van der Waals surface area contributed by atoms with Crippen LogP contribution in [0.2, 0.25) is 0 Å². The lowest BCUT2D eigenvalue weighted by Gasteiger charge is -2.20. The zero-order valence-corrected chi connectivity index (χ0v) is 18.2. The van der Waals surface area contributed by atoms with Crippen LogP contribution in [-0.2, 0) is 9.47 Å². The zero-order valence-electron chi connectivity index (χ0n) is 16.6. The summed E-state index contributed by atoms with van der Waals surface area (Å²) in [5.41, 5.74) is 1.22. The van der Waals surface area contributed by atoms with Crippen molar-refractivity contribution in [2.24, 2.45) is 0 Å². The Morgan fingerprint density at radius 3 is 1.64 bits per heavy atom. The molecule has 0 aliphatic carbocycles. The zero-order chi connectivity index (χ0) is 20.8. The maximum Gasteiger partial charge on any atom is 0.193 e. The van der Waals surface area contributed by atoms with Crippen LogP contribution in [0.25, 0.3) is 0 Å². The minimum Gasteiger partial charge on any atom is -0.495 e. The van der Waals surface area contributed by atoms with E-state index < -0.39 is 6.29 Å². The van der Waals surface area contributed by atoms with Crippen molar-refractivity contribution in [2.45, 2.75) is 6.29 Å². The van der Waals surface area contributed by atoms with Crippen LogP contribution in [0.15, 0.2) is 28.7 Å². The predicted molar refractivity (Wildman–Crippen MR) is 107 cm³/mol. The molecular weight excluding hydrogens is 432 g/mol. The first-order chi connectivity index (χ1) is 13.4. The summed E-state index contributed by atoms with van der Waals surface area (Å²) in [5.74, 6) is 1.54. The van der Waals surface area contributed by atoms with Gasteiger partial charge in [-0.05, 0) is 40.2 Å². The molecule has 0 unspecified atom stereocenters. The first kappa shape index (κ1) is 22.0. The van der Waals surface area contributed by atoms with Crippen LogP contribution in [-0.4, -0.2) is 48.4 Å². The predicted octanol–water partition coefficient (Wildman–Crippen LogP) is 4.01. The molecule has 0 fully saturated rings. The van der Waals surface area contributed by atoms with E-state index in [2.05, 4.69) is 15.9 Å². The lowest BCUT2D eigenvalue weighted by molar-refractivity contribution is -0.106. The van der Waals surface area contributed by atoms with E-state index in [1.54, 1.807) is 24.3 Å². The van der Waals surface area contributed by atoms with Crippen LogP contribution < -0.4 is 18.9 Å². The molecule has 0 spiro atoms. The minimum atomic E-state index is -0.766. The summed E-state index contributed by atoms with van der Waals surface area (Å²) in [4.78, 5) is 13.4. The molecule has 0 N–H and O–H groups in total. The molecule has 2 aromatic rings. The van der Waals surface area contributed by atoms with Crippen LogP contribution in [0.4, 0.5) is 0 Å². The van der Waals surface area contributed by atoms with Gasteiger partial charge in [-0.1, -0.05) is 0 Å². The maximum absolute atomic E-state index is 13.4. The lowest BCUT2D eigenvalue weighted by atomic mass is 9.96. The normalized spacial score (nSPS) is 10.7. The molecule has 0 atom stereocenters. The van der Waals surface area contributed by atoms with Crippen LogP contribution in [0.1, 0.15) is 27.8 Å². The number of rotatable bonds is 9. The van der Waals surface area contributed by atoms with Crippen molar-refractivity contribution >= 4 is 21.7 Å². The number of hydrogen-bond donors (Lipinski definition) is 0. The van der Waals surface area contributed by atoms with Crippen LogP contribution in [0, 0.1) is 0 Å². The fourth-order valence-corrected chi connectivity index (χ4v) is 3.35. The SMILES string of the molecule is COc1cc(C(=O)c2cc(OC)c(Br)c(OC)c2)c(C(OC)OC)cc1OC. The van der Waals surface area contributed by atoms with Gasteiger partial charge in [-0.15, -0.1) is 0 Å². The molecule has 0 amide bonds.